The first kappa shape index (κ1) is 16.8. The Balaban J connectivity index is 1.33. The molecule has 1 N–H and O–H groups in total. The largest absolute Gasteiger partial charge is 0.387 e. The number of hydrogen-bond donors (Lipinski definition) is 1. The zero-order chi connectivity index (χ0) is 17.8. The average molecular weight is 350 g/mol. The zero-order valence-corrected chi connectivity index (χ0v) is 14.5. The molecular formula is C20H22N4O2. The van der Waals surface area contributed by atoms with Gasteiger partial charge in [0.2, 0.25) is 0 Å². The topological polar surface area (TPSA) is 65.6 Å². The van der Waals surface area contributed by atoms with Crippen molar-refractivity contribution in [2.75, 3.05) is 37.6 Å². The highest BCUT2D eigenvalue weighted by atomic mass is 16.5. The number of β-amino-alcohol motifs (C(OH)–C–C–N with tert-alkyl or cyclic N) is 1. The molecule has 0 aliphatic carbocycles. The molecule has 0 spiro atoms. The van der Waals surface area contributed by atoms with Gasteiger partial charge in [-0.05, 0) is 22.9 Å². The highest BCUT2D eigenvalue weighted by Gasteiger charge is 2.23. The summed E-state index contributed by atoms with van der Waals surface area (Å²) in [6.45, 7) is 3.99. The number of anilines is 1. The Hall–Kier alpha value is -2.70. The molecule has 4 rings (SSSR count). The Morgan fingerprint density at radius 2 is 1.58 bits per heavy atom. The van der Waals surface area contributed by atoms with Gasteiger partial charge in [0.25, 0.3) is 11.8 Å². The summed E-state index contributed by atoms with van der Waals surface area (Å²) >= 11 is 0. The molecular weight excluding hydrogens is 328 g/mol. The molecule has 1 saturated heterocycles. The fraction of sp³-hybridized carbons (Fsp3) is 0.300. The maximum atomic E-state index is 10.4. The minimum absolute atomic E-state index is 0.461. The molecule has 0 saturated carbocycles. The Labute approximate surface area is 152 Å². The summed E-state index contributed by atoms with van der Waals surface area (Å²) in [7, 11) is 0. The van der Waals surface area contributed by atoms with Gasteiger partial charge in [-0.2, -0.15) is 4.98 Å². The Morgan fingerprint density at radius 1 is 0.923 bits per heavy atom. The molecule has 6 heteroatoms. The molecule has 6 nitrogen and oxygen atoms in total. The molecule has 1 aliphatic heterocycles. The number of aliphatic hydroxyl groups excluding tert-OH is 1. The van der Waals surface area contributed by atoms with Crippen LogP contribution in [-0.4, -0.2) is 52.9 Å². The molecule has 0 bridgehead atoms. The summed E-state index contributed by atoms with van der Waals surface area (Å²) in [6.07, 6.45) is -0.461. The molecule has 3 aromatic rings. The van der Waals surface area contributed by atoms with Crippen LogP contribution in [-0.2, 0) is 0 Å². The van der Waals surface area contributed by atoms with E-state index in [9.17, 15) is 5.11 Å². The second-order valence-corrected chi connectivity index (χ2v) is 6.48. The number of benzene rings is 2. The van der Waals surface area contributed by atoms with E-state index < -0.39 is 6.10 Å². The van der Waals surface area contributed by atoms with E-state index >= 15 is 0 Å². The SMILES string of the molecule is OC(CN1CCN(c2noc(-c3ccccc3)n2)CC1)c1ccccc1. The molecule has 2 aromatic carbocycles. The third-order valence-corrected chi connectivity index (χ3v) is 4.71. The van der Waals surface area contributed by atoms with Gasteiger partial charge in [0, 0.05) is 38.3 Å². The van der Waals surface area contributed by atoms with Gasteiger partial charge in [-0.25, -0.2) is 0 Å². The highest BCUT2D eigenvalue weighted by Crippen LogP contribution is 2.21. The van der Waals surface area contributed by atoms with Crippen LogP contribution >= 0.6 is 0 Å². The van der Waals surface area contributed by atoms with Crippen molar-refractivity contribution in [3.63, 3.8) is 0 Å². The Kier molecular flexibility index (Phi) is 4.95. The van der Waals surface area contributed by atoms with E-state index in [0.29, 0.717) is 18.4 Å². The van der Waals surface area contributed by atoms with Crippen molar-refractivity contribution >= 4 is 5.95 Å². The van der Waals surface area contributed by atoms with E-state index in [1.165, 1.54) is 0 Å². The summed E-state index contributed by atoms with van der Waals surface area (Å²) in [6, 6.07) is 19.6. The van der Waals surface area contributed by atoms with Crippen molar-refractivity contribution in [1.82, 2.24) is 15.0 Å². The van der Waals surface area contributed by atoms with Gasteiger partial charge in [-0.1, -0.05) is 48.5 Å². The molecule has 1 atom stereocenters. The standard InChI is InChI=1S/C20H22N4O2/c25-18(16-7-3-1-4-8-16)15-23-11-13-24(14-12-23)20-21-19(26-22-20)17-9-5-2-6-10-17/h1-10,18,25H,11-15H2. The Morgan fingerprint density at radius 3 is 2.27 bits per heavy atom. The maximum Gasteiger partial charge on any atom is 0.266 e. The van der Waals surface area contributed by atoms with Crippen molar-refractivity contribution < 1.29 is 9.63 Å². The molecule has 26 heavy (non-hydrogen) atoms. The second kappa shape index (κ2) is 7.68. The summed E-state index contributed by atoms with van der Waals surface area (Å²) in [5.74, 6) is 1.18. The van der Waals surface area contributed by atoms with Gasteiger partial charge in [-0.3, -0.25) is 4.90 Å². The predicted octanol–water partition coefficient (Wildman–Crippen LogP) is 2.59. The lowest BCUT2D eigenvalue weighted by atomic mass is 10.1. The number of rotatable bonds is 5. The zero-order valence-electron chi connectivity index (χ0n) is 14.5. The molecule has 0 radical (unpaired) electrons. The quantitative estimate of drug-likeness (QED) is 0.763. The van der Waals surface area contributed by atoms with E-state index in [0.717, 1.165) is 37.3 Å². The highest BCUT2D eigenvalue weighted by molar-refractivity contribution is 5.54. The molecule has 1 fully saturated rings. The van der Waals surface area contributed by atoms with Gasteiger partial charge in [-0.15, -0.1) is 0 Å². The van der Waals surface area contributed by atoms with Crippen LogP contribution in [0.4, 0.5) is 5.95 Å². The molecule has 0 amide bonds. The van der Waals surface area contributed by atoms with E-state index in [2.05, 4.69) is 19.9 Å². The normalized spacial score (nSPS) is 16.6. The lowest BCUT2D eigenvalue weighted by Gasteiger charge is -2.34. The first-order valence-corrected chi connectivity index (χ1v) is 8.89. The number of piperazine rings is 1. The van der Waals surface area contributed by atoms with Crippen molar-refractivity contribution in [2.45, 2.75) is 6.10 Å². The van der Waals surface area contributed by atoms with Crippen molar-refractivity contribution in [1.29, 1.82) is 0 Å². The van der Waals surface area contributed by atoms with E-state index in [-0.39, 0.29) is 0 Å². The van der Waals surface area contributed by atoms with Crippen LogP contribution in [0.1, 0.15) is 11.7 Å². The van der Waals surface area contributed by atoms with Crippen molar-refractivity contribution in [3.05, 3.63) is 66.2 Å². The van der Waals surface area contributed by atoms with Gasteiger partial charge in [0.05, 0.1) is 6.10 Å². The molecule has 2 heterocycles. The molecule has 1 aliphatic rings. The van der Waals surface area contributed by atoms with Gasteiger partial charge in [0.15, 0.2) is 0 Å². The van der Waals surface area contributed by atoms with Gasteiger partial charge >= 0.3 is 0 Å². The third kappa shape index (κ3) is 3.76. The fourth-order valence-electron chi connectivity index (χ4n) is 3.20. The van der Waals surface area contributed by atoms with E-state index in [1.54, 1.807) is 0 Å². The van der Waals surface area contributed by atoms with Crippen LogP contribution in [0.2, 0.25) is 0 Å². The van der Waals surface area contributed by atoms with Crippen molar-refractivity contribution in [2.24, 2.45) is 0 Å². The van der Waals surface area contributed by atoms with Crippen LogP contribution < -0.4 is 4.90 Å². The average Bonchev–Trinajstić information content (AvgIpc) is 3.20. The molecule has 1 unspecified atom stereocenters. The fourth-order valence-corrected chi connectivity index (χ4v) is 3.20. The smallest absolute Gasteiger partial charge is 0.266 e. The van der Waals surface area contributed by atoms with E-state index in [1.807, 2.05) is 60.7 Å². The Bertz CT molecular complexity index is 814. The summed E-state index contributed by atoms with van der Waals surface area (Å²) in [4.78, 5) is 8.91. The lowest BCUT2D eigenvalue weighted by molar-refractivity contribution is 0.109. The van der Waals surface area contributed by atoms with Gasteiger partial charge in [0.1, 0.15) is 0 Å². The summed E-state index contributed by atoms with van der Waals surface area (Å²) in [5, 5.41) is 14.5. The lowest BCUT2D eigenvalue weighted by Crippen LogP contribution is -2.47. The monoisotopic (exact) mass is 350 g/mol. The van der Waals surface area contributed by atoms with Crippen LogP contribution in [0, 0.1) is 0 Å². The predicted molar refractivity (Wildman–Crippen MR) is 99.8 cm³/mol. The van der Waals surface area contributed by atoms with Crippen LogP contribution in [0.5, 0.6) is 0 Å². The van der Waals surface area contributed by atoms with Crippen LogP contribution in [0.25, 0.3) is 11.5 Å². The van der Waals surface area contributed by atoms with Gasteiger partial charge < -0.3 is 14.5 Å². The number of aromatic nitrogens is 2. The van der Waals surface area contributed by atoms with E-state index in [4.69, 9.17) is 4.52 Å². The summed E-state index contributed by atoms with van der Waals surface area (Å²) < 4.78 is 5.40. The van der Waals surface area contributed by atoms with Crippen LogP contribution in [0.15, 0.2) is 65.2 Å². The molecule has 1 aromatic heterocycles. The minimum atomic E-state index is -0.461. The number of hydrogen-bond acceptors (Lipinski definition) is 6. The number of nitrogens with zero attached hydrogens (tertiary/aromatic N) is 4. The minimum Gasteiger partial charge on any atom is -0.387 e. The van der Waals surface area contributed by atoms with Crippen molar-refractivity contribution in [3.8, 4) is 11.5 Å². The first-order valence-electron chi connectivity index (χ1n) is 8.89. The molecule has 134 valence electrons. The second-order valence-electron chi connectivity index (χ2n) is 6.48. The first-order chi connectivity index (χ1) is 12.8. The number of aliphatic hydroxyl groups is 1. The maximum absolute atomic E-state index is 10.4. The third-order valence-electron chi connectivity index (χ3n) is 4.71. The summed E-state index contributed by atoms with van der Waals surface area (Å²) in [5.41, 5.74) is 1.89. The van der Waals surface area contributed by atoms with Crippen LogP contribution in [0.3, 0.4) is 0 Å².